The molecule has 0 aliphatic carbocycles. The van der Waals surface area contributed by atoms with E-state index in [0.717, 1.165) is 11.5 Å². The molecule has 0 bridgehead atoms. The van der Waals surface area contributed by atoms with Crippen LogP contribution in [0.5, 0.6) is 0 Å². The minimum Gasteiger partial charge on any atom is -0.444 e. The first-order valence-corrected chi connectivity index (χ1v) is 3.58. The second kappa shape index (κ2) is 3.25. The Morgan fingerprint density at radius 3 is 2.58 bits per heavy atom. The average Bonchev–Trinajstić information content (AvgIpc) is 2.28. The second-order valence-corrected chi connectivity index (χ2v) is 2.49. The van der Waals surface area contributed by atoms with E-state index in [9.17, 15) is 0 Å². The zero-order valence-electron chi connectivity index (χ0n) is 7.16. The molecule has 66 valence electrons. The Hall–Kier alpha value is -1.52. The lowest BCUT2D eigenvalue weighted by Crippen LogP contribution is -2.22. The van der Waals surface area contributed by atoms with Gasteiger partial charge in [0.05, 0.1) is 5.69 Å². The van der Waals surface area contributed by atoms with Crippen LogP contribution in [-0.2, 0) is 6.54 Å². The predicted molar refractivity (Wildman–Crippen MR) is 45.5 cm³/mol. The van der Waals surface area contributed by atoms with Crippen LogP contribution >= 0.6 is 0 Å². The molecule has 1 rings (SSSR count). The van der Waals surface area contributed by atoms with E-state index in [-0.39, 0.29) is 5.96 Å². The lowest BCUT2D eigenvalue weighted by Gasteiger charge is -1.88. The van der Waals surface area contributed by atoms with Crippen LogP contribution in [0, 0.1) is 13.8 Å². The van der Waals surface area contributed by atoms with E-state index < -0.39 is 0 Å². The van der Waals surface area contributed by atoms with Crippen molar-refractivity contribution in [2.45, 2.75) is 20.4 Å². The molecule has 0 aliphatic heterocycles. The van der Waals surface area contributed by atoms with Crippen LogP contribution in [0.25, 0.3) is 0 Å². The van der Waals surface area contributed by atoms with Crippen molar-refractivity contribution >= 4 is 5.96 Å². The number of hydrogen-bond donors (Lipinski definition) is 2. The van der Waals surface area contributed by atoms with Gasteiger partial charge in [-0.05, 0) is 13.8 Å². The first-order chi connectivity index (χ1) is 5.59. The van der Waals surface area contributed by atoms with Crippen LogP contribution in [0.15, 0.2) is 9.41 Å². The van der Waals surface area contributed by atoms with Gasteiger partial charge in [0.2, 0.25) is 5.89 Å². The molecule has 5 nitrogen and oxygen atoms in total. The Morgan fingerprint density at radius 2 is 2.17 bits per heavy atom. The van der Waals surface area contributed by atoms with Gasteiger partial charge in [0, 0.05) is 0 Å². The highest BCUT2D eigenvalue weighted by molar-refractivity contribution is 5.75. The number of rotatable bonds is 2. The van der Waals surface area contributed by atoms with E-state index in [1.807, 2.05) is 13.8 Å². The van der Waals surface area contributed by atoms with Gasteiger partial charge in [-0.25, -0.2) is 9.98 Å². The minimum absolute atomic E-state index is 0.0449. The monoisotopic (exact) mass is 168 g/mol. The summed E-state index contributed by atoms with van der Waals surface area (Å²) in [6, 6.07) is 0. The summed E-state index contributed by atoms with van der Waals surface area (Å²) in [5, 5.41) is 0. The molecule has 0 fully saturated rings. The molecular formula is C7H12N4O. The first kappa shape index (κ1) is 8.58. The van der Waals surface area contributed by atoms with Crippen molar-refractivity contribution in [1.82, 2.24) is 4.98 Å². The molecule has 1 heterocycles. The summed E-state index contributed by atoms with van der Waals surface area (Å²) in [5.41, 5.74) is 11.2. The topological polar surface area (TPSA) is 90.4 Å². The summed E-state index contributed by atoms with van der Waals surface area (Å²) >= 11 is 0. The molecule has 0 spiro atoms. The third-order valence-corrected chi connectivity index (χ3v) is 1.47. The van der Waals surface area contributed by atoms with Gasteiger partial charge < -0.3 is 15.9 Å². The number of aryl methyl sites for hydroxylation is 2. The molecule has 0 radical (unpaired) electrons. The van der Waals surface area contributed by atoms with Crippen molar-refractivity contribution in [1.29, 1.82) is 0 Å². The Morgan fingerprint density at radius 1 is 1.50 bits per heavy atom. The molecule has 0 aliphatic rings. The highest BCUT2D eigenvalue weighted by Crippen LogP contribution is 2.08. The molecule has 0 unspecified atom stereocenters. The second-order valence-electron chi connectivity index (χ2n) is 2.49. The third-order valence-electron chi connectivity index (χ3n) is 1.47. The number of hydrogen-bond acceptors (Lipinski definition) is 3. The van der Waals surface area contributed by atoms with Gasteiger partial charge in [0.25, 0.3) is 0 Å². The van der Waals surface area contributed by atoms with Crippen molar-refractivity contribution in [2.24, 2.45) is 16.5 Å². The van der Waals surface area contributed by atoms with Crippen LogP contribution < -0.4 is 11.5 Å². The molecular weight excluding hydrogens is 156 g/mol. The fourth-order valence-electron chi connectivity index (χ4n) is 0.766. The van der Waals surface area contributed by atoms with E-state index in [4.69, 9.17) is 15.9 Å². The third kappa shape index (κ3) is 1.98. The zero-order chi connectivity index (χ0) is 9.14. The quantitative estimate of drug-likeness (QED) is 0.482. The smallest absolute Gasteiger partial charge is 0.216 e. The number of nitrogens with zero attached hydrogens (tertiary/aromatic N) is 2. The van der Waals surface area contributed by atoms with E-state index in [1.54, 1.807) is 0 Å². The van der Waals surface area contributed by atoms with Gasteiger partial charge in [-0.2, -0.15) is 0 Å². The summed E-state index contributed by atoms with van der Waals surface area (Å²) in [4.78, 5) is 7.86. The molecule has 0 aromatic carbocycles. The number of guanidine groups is 1. The maximum Gasteiger partial charge on any atom is 0.216 e. The molecule has 0 atom stereocenters. The maximum absolute atomic E-state index is 5.24. The number of aliphatic imine (C=N–C) groups is 1. The molecule has 0 amide bonds. The minimum atomic E-state index is 0.0449. The normalized spacial score (nSPS) is 9.83. The summed E-state index contributed by atoms with van der Waals surface area (Å²) < 4.78 is 5.24. The fraction of sp³-hybridized carbons (Fsp3) is 0.429. The molecule has 0 saturated heterocycles. The van der Waals surface area contributed by atoms with Gasteiger partial charge in [0.15, 0.2) is 5.96 Å². The number of nitrogens with two attached hydrogens (primary N) is 2. The Balaban J connectivity index is 2.71. The van der Waals surface area contributed by atoms with Crippen molar-refractivity contribution in [2.75, 3.05) is 0 Å². The average molecular weight is 168 g/mol. The van der Waals surface area contributed by atoms with Gasteiger partial charge in [-0.15, -0.1) is 0 Å². The van der Waals surface area contributed by atoms with Crippen molar-refractivity contribution < 1.29 is 4.42 Å². The van der Waals surface area contributed by atoms with Crippen molar-refractivity contribution in [3.63, 3.8) is 0 Å². The highest BCUT2D eigenvalue weighted by Gasteiger charge is 2.03. The summed E-state index contributed by atoms with van der Waals surface area (Å²) in [7, 11) is 0. The summed E-state index contributed by atoms with van der Waals surface area (Å²) in [6.45, 7) is 4.02. The van der Waals surface area contributed by atoms with Crippen LogP contribution in [0.4, 0.5) is 0 Å². The van der Waals surface area contributed by atoms with Crippen molar-refractivity contribution in [3.05, 3.63) is 17.3 Å². The van der Waals surface area contributed by atoms with Gasteiger partial charge in [-0.1, -0.05) is 0 Å². The maximum atomic E-state index is 5.24. The van der Waals surface area contributed by atoms with E-state index in [0.29, 0.717) is 12.4 Å². The largest absolute Gasteiger partial charge is 0.444 e. The number of aromatic nitrogens is 1. The summed E-state index contributed by atoms with van der Waals surface area (Å²) in [5.74, 6) is 1.39. The Kier molecular flexibility index (Phi) is 2.32. The Labute approximate surface area is 70.5 Å². The van der Waals surface area contributed by atoms with E-state index in [1.165, 1.54) is 0 Å². The fourth-order valence-corrected chi connectivity index (χ4v) is 0.766. The van der Waals surface area contributed by atoms with Crippen LogP contribution in [0.3, 0.4) is 0 Å². The number of oxazole rings is 1. The molecule has 1 aromatic rings. The predicted octanol–water partition coefficient (Wildman–Crippen LogP) is 0.0648. The van der Waals surface area contributed by atoms with Gasteiger partial charge in [-0.3, -0.25) is 0 Å². The van der Waals surface area contributed by atoms with E-state index in [2.05, 4.69) is 9.98 Å². The van der Waals surface area contributed by atoms with Gasteiger partial charge in [0.1, 0.15) is 12.3 Å². The lowest BCUT2D eigenvalue weighted by atomic mass is 10.4. The SMILES string of the molecule is Cc1nc(CN=C(N)N)oc1C. The first-order valence-electron chi connectivity index (χ1n) is 3.58. The molecule has 12 heavy (non-hydrogen) atoms. The van der Waals surface area contributed by atoms with Crippen LogP contribution in [0.2, 0.25) is 0 Å². The van der Waals surface area contributed by atoms with E-state index >= 15 is 0 Å². The summed E-state index contributed by atoms with van der Waals surface area (Å²) in [6.07, 6.45) is 0. The molecule has 0 saturated carbocycles. The highest BCUT2D eigenvalue weighted by atomic mass is 16.4. The van der Waals surface area contributed by atoms with Gasteiger partial charge >= 0.3 is 0 Å². The zero-order valence-corrected chi connectivity index (χ0v) is 7.16. The molecule has 1 aromatic heterocycles. The molecule has 5 heteroatoms. The standard InChI is InChI=1S/C7H12N4O/c1-4-5(2)12-6(11-4)3-10-7(8)9/h3H2,1-2H3,(H4,8,9,10). The molecule has 4 N–H and O–H groups in total. The van der Waals surface area contributed by atoms with Crippen LogP contribution in [-0.4, -0.2) is 10.9 Å². The lowest BCUT2D eigenvalue weighted by molar-refractivity contribution is 0.473. The Bertz CT molecular complexity index is 279. The van der Waals surface area contributed by atoms with Crippen LogP contribution in [0.1, 0.15) is 17.3 Å². The van der Waals surface area contributed by atoms with Crippen molar-refractivity contribution in [3.8, 4) is 0 Å².